The minimum Gasteiger partial charge on any atom is -0.419 e. The summed E-state index contributed by atoms with van der Waals surface area (Å²) in [6, 6.07) is 7.78. The number of carbonyl (C=O) groups is 1. The van der Waals surface area contributed by atoms with Crippen molar-refractivity contribution < 1.29 is 9.21 Å². The number of piperazine rings is 1. The largest absolute Gasteiger partial charge is 0.419 e. The summed E-state index contributed by atoms with van der Waals surface area (Å²) in [4.78, 5) is 16.2. The van der Waals surface area contributed by atoms with E-state index in [-0.39, 0.29) is 11.8 Å². The van der Waals surface area contributed by atoms with Crippen LogP contribution < -0.4 is 0 Å². The summed E-state index contributed by atoms with van der Waals surface area (Å²) in [5.41, 5.74) is 0.892. The van der Waals surface area contributed by atoms with Crippen LogP contribution in [-0.2, 0) is 11.3 Å². The summed E-state index contributed by atoms with van der Waals surface area (Å²) >= 11 is 3.50. The van der Waals surface area contributed by atoms with Gasteiger partial charge in [-0.2, -0.15) is 0 Å². The van der Waals surface area contributed by atoms with Crippen LogP contribution in [0, 0.1) is 5.92 Å². The molecule has 1 fully saturated rings. The number of benzene rings is 1. The topological polar surface area (TPSA) is 62.5 Å². The van der Waals surface area contributed by atoms with Gasteiger partial charge in [0, 0.05) is 36.6 Å². The molecule has 0 atom stereocenters. The quantitative estimate of drug-likeness (QED) is 0.800. The third-order valence-corrected chi connectivity index (χ3v) is 4.80. The van der Waals surface area contributed by atoms with Crippen molar-refractivity contribution in [2.45, 2.75) is 20.4 Å². The molecule has 2 heterocycles. The van der Waals surface area contributed by atoms with Crippen LogP contribution in [-0.4, -0.2) is 52.1 Å². The van der Waals surface area contributed by atoms with E-state index < -0.39 is 0 Å². The fourth-order valence-electron chi connectivity index (χ4n) is 2.74. The van der Waals surface area contributed by atoms with Gasteiger partial charge in [-0.1, -0.05) is 26.0 Å². The smallest absolute Gasteiger partial charge is 0.248 e. The van der Waals surface area contributed by atoms with Gasteiger partial charge in [-0.3, -0.25) is 9.69 Å². The second-order valence-corrected chi connectivity index (χ2v) is 7.09. The van der Waals surface area contributed by atoms with E-state index in [4.69, 9.17) is 4.42 Å². The Kier molecular flexibility index (Phi) is 5.30. The van der Waals surface area contributed by atoms with Crippen molar-refractivity contribution in [3.63, 3.8) is 0 Å². The van der Waals surface area contributed by atoms with Crippen LogP contribution in [0.25, 0.3) is 11.5 Å². The van der Waals surface area contributed by atoms with Crippen LogP contribution in [0.15, 0.2) is 33.2 Å². The summed E-state index contributed by atoms with van der Waals surface area (Å²) in [5, 5.41) is 8.29. The molecule has 2 aromatic rings. The Labute approximate surface area is 150 Å². The van der Waals surface area contributed by atoms with Crippen LogP contribution in [0.5, 0.6) is 0 Å². The first-order valence-electron chi connectivity index (χ1n) is 8.13. The highest BCUT2D eigenvalue weighted by molar-refractivity contribution is 9.10. The third kappa shape index (κ3) is 3.84. The summed E-state index contributed by atoms with van der Waals surface area (Å²) in [6.45, 7) is 7.65. The van der Waals surface area contributed by atoms with Gasteiger partial charge in [-0.05, 0) is 28.1 Å². The van der Waals surface area contributed by atoms with Crippen LogP contribution in [0.1, 0.15) is 19.7 Å². The van der Waals surface area contributed by atoms with Gasteiger partial charge in [0.2, 0.25) is 17.7 Å². The van der Waals surface area contributed by atoms with Gasteiger partial charge in [0.15, 0.2) is 0 Å². The van der Waals surface area contributed by atoms with Gasteiger partial charge < -0.3 is 9.32 Å². The number of aromatic nitrogens is 2. The van der Waals surface area contributed by atoms with E-state index in [0.717, 1.165) is 36.2 Å². The van der Waals surface area contributed by atoms with Gasteiger partial charge in [0.1, 0.15) is 0 Å². The highest BCUT2D eigenvalue weighted by Gasteiger charge is 2.24. The molecule has 3 rings (SSSR count). The normalized spacial score (nSPS) is 15.9. The van der Waals surface area contributed by atoms with Crippen molar-refractivity contribution in [1.82, 2.24) is 20.0 Å². The molecule has 24 heavy (non-hydrogen) atoms. The number of carbonyl (C=O) groups excluding carboxylic acids is 1. The Morgan fingerprint density at radius 3 is 2.58 bits per heavy atom. The van der Waals surface area contributed by atoms with E-state index in [1.807, 2.05) is 43.0 Å². The lowest BCUT2D eigenvalue weighted by molar-refractivity contribution is -0.136. The maximum atomic E-state index is 12.0. The first-order valence-corrected chi connectivity index (χ1v) is 8.92. The van der Waals surface area contributed by atoms with E-state index in [1.54, 1.807) is 0 Å². The molecule has 0 N–H and O–H groups in total. The first kappa shape index (κ1) is 17.1. The van der Waals surface area contributed by atoms with Crippen LogP contribution in [0.2, 0.25) is 0 Å². The molecule has 0 unspecified atom stereocenters. The number of amides is 1. The molecular weight excluding hydrogens is 372 g/mol. The Bertz CT molecular complexity index is 708. The summed E-state index contributed by atoms with van der Waals surface area (Å²) < 4.78 is 6.72. The van der Waals surface area contributed by atoms with Crippen molar-refractivity contribution in [2.24, 2.45) is 5.92 Å². The lowest BCUT2D eigenvalue weighted by atomic mass is 10.1. The Morgan fingerprint density at radius 2 is 1.92 bits per heavy atom. The molecule has 0 spiro atoms. The zero-order chi connectivity index (χ0) is 17.1. The second-order valence-electron chi connectivity index (χ2n) is 6.24. The Morgan fingerprint density at radius 1 is 1.21 bits per heavy atom. The average Bonchev–Trinajstić information content (AvgIpc) is 3.03. The molecule has 128 valence electrons. The van der Waals surface area contributed by atoms with Crippen molar-refractivity contribution in [2.75, 3.05) is 26.2 Å². The summed E-state index contributed by atoms with van der Waals surface area (Å²) in [6.07, 6.45) is 0. The molecule has 7 heteroatoms. The molecule has 1 aliphatic heterocycles. The lowest BCUT2D eigenvalue weighted by Gasteiger charge is -2.34. The number of hydrogen-bond donors (Lipinski definition) is 0. The van der Waals surface area contributed by atoms with Crippen molar-refractivity contribution in [3.05, 3.63) is 34.6 Å². The molecule has 0 aliphatic carbocycles. The molecule has 1 saturated heterocycles. The SMILES string of the molecule is CC(C)C(=O)N1CCN(Cc2nnc(-c3ccccc3Br)o2)CC1. The van der Waals surface area contributed by atoms with Crippen LogP contribution in [0.3, 0.4) is 0 Å². The molecule has 1 aromatic carbocycles. The standard InChI is InChI=1S/C17H21BrN4O2/c1-12(2)17(23)22-9-7-21(8-10-22)11-15-19-20-16(24-15)13-5-3-4-6-14(13)18/h3-6,12H,7-11H2,1-2H3. The number of nitrogens with zero attached hydrogens (tertiary/aromatic N) is 4. The molecule has 6 nitrogen and oxygen atoms in total. The maximum absolute atomic E-state index is 12.0. The molecule has 0 radical (unpaired) electrons. The molecule has 0 saturated carbocycles. The van der Waals surface area contributed by atoms with Crippen molar-refractivity contribution in [1.29, 1.82) is 0 Å². The zero-order valence-corrected chi connectivity index (χ0v) is 15.5. The van der Waals surface area contributed by atoms with E-state index >= 15 is 0 Å². The molecule has 0 bridgehead atoms. The van der Waals surface area contributed by atoms with Crippen LogP contribution in [0.4, 0.5) is 0 Å². The predicted molar refractivity (Wildman–Crippen MR) is 94.1 cm³/mol. The Hall–Kier alpha value is -1.73. The van der Waals surface area contributed by atoms with Gasteiger partial charge in [-0.25, -0.2) is 0 Å². The second kappa shape index (κ2) is 7.44. The Balaban J connectivity index is 1.59. The average molecular weight is 393 g/mol. The fourth-order valence-corrected chi connectivity index (χ4v) is 3.20. The van der Waals surface area contributed by atoms with Crippen molar-refractivity contribution >= 4 is 21.8 Å². The van der Waals surface area contributed by atoms with Crippen LogP contribution >= 0.6 is 15.9 Å². The van der Waals surface area contributed by atoms with Gasteiger partial charge >= 0.3 is 0 Å². The molecular formula is C17H21BrN4O2. The number of rotatable bonds is 4. The highest BCUT2D eigenvalue weighted by atomic mass is 79.9. The number of hydrogen-bond acceptors (Lipinski definition) is 5. The van der Waals surface area contributed by atoms with E-state index in [2.05, 4.69) is 31.0 Å². The number of halogens is 1. The van der Waals surface area contributed by atoms with Gasteiger partial charge in [-0.15, -0.1) is 10.2 Å². The predicted octanol–water partition coefficient (Wildman–Crippen LogP) is 2.80. The summed E-state index contributed by atoms with van der Waals surface area (Å²) in [7, 11) is 0. The van der Waals surface area contributed by atoms with E-state index in [9.17, 15) is 4.79 Å². The monoisotopic (exact) mass is 392 g/mol. The minimum atomic E-state index is 0.0550. The van der Waals surface area contributed by atoms with Gasteiger partial charge in [0.05, 0.1) is 12.1 Å². The van der Waals surface area contributed by atoms with E-state index in [1.165, 1.54) is 0 Å². The molecule has 1 aliphatic rings. The maximum Gasteiger partial charge on any atom is 0.248 e. The molecule has 1 aromatic heterocycles. The van der Waals surface area contributed by atoms with E-state index in [0.29, 0.717) is 18.3 Å². The molecule has 1 amide bonds. The third-order valence-electron chi connectivity index (χ3n) is 4.11. The lowest BCUT2D eigenvalue weighted by Crippen LogP contribution is -2.49. The first-order chi connectivity index (χ1) is 11.5. The fraction of sp³-hybridized carbons (Fsp3) is 0.471. The van der Waals surface area contributed by atoms with Crippen molar-refractivity contribution in [3.8, 4) is 11.5 Å². The zero-order valence-electron chi connectivity index (χ0n) is 13.9. The minimum absolute atomic E-state index is 0.0550. The highest BCUT2D eigenvalue weighted by Crippen LogP contribution is 2.26. The summed E-state index contributed by atoms with van der Waals surface area (Å²) in [5.74, 6) is 1.40. The van der Waals surface area contributed by atoms with Gasteiger partial charge in [0.25, 0.3) is 0 Å².